The van der Waals surface area contributed by atoms with E-state index in [1.54, 1.807) is 0 Å². The van der Waals surface area contributed by atoms with Crippen LogP contribution in [0.3, 0.4) is 0 Å². The highest BCUT2D eigenvalue weighted by atomic mass is 16.5. The smallest absolute Gasteiger partial charge is 0.121 e. The van der Waals surface area contributed by atoms with Crippen LogP contribution >= 0.6 is 0 Å². The minimum absolute atomic E-state index is 0.569. The number of benzene rings is 3. The molecule has 0 amide bonds. The quantitative estimate of drug-likeness (QED) is 0.451. The first kappa shape index (κ1) is 19.8. The van der Waals surface area contributed by atoms with E-state index in [4.69, 9.17) is 9.47 Å². The second-order valence-corrected chi connectivity index (χ2v) is 7.33. The molecule has 0 bridgehead atoms. The molecule has 0 heterocycles. The maximum atomic E-state index is 5.91. The third-order valence-electron chi connectivity index (χ3n) is 4.44. The Bertz CT molecular complexity index is 846. The molecular formula is C25H29NO2. The summed E-state index contributed by atoms with van der Waals surface area (Å²) < 4.78 is 11.8. The van der Waals surface area contributed by atoms with Crippen molar-refractivity contribution in [1.29, 1.82) is 0 Å². The van der Waals surface area contributed by atoms with Gasteiger partial charge in [0.2, 0.25) is 0 Å². The van der Waals surface area contributed by atoms with Crippen LogP contribution in [0.15, 0.2) is 78.9 Å². The average molecular weight is 376 g/mol. The molecule has 0 aliphatic carbocycles. The summed E-state index contributed by atoms with van der Waals surface area (Å²) >= 11 is 0. The first-order valence-electron chi connectivity index (χ1n) is 9.91. The molecule has 0 aliphatic rings. The van der Waals surface area contributed by atoms with E-state index < -0.39 is 0 Å². The number of nitrogens with one attached hydrogen (secondary N) is 1. The predicted molar refractivity (Wildman–Crippen MR) is 116 cm³/mol. The zero-order valence-electron chi connectivity index (χ0n) is 16.7. The van der Waals surface area contributed by atoms with E-state index in [0.29, 0.717) is 12.5 Å². The van der Waals surface area contributed by atoms with Crippen LogP contribution in [0.2, 0.25) is 0 Å². The lowest BCUT2D eigenvalue weighted by Crippen LogP contribution is -2.03. The molecule has 0 atom stereocenters. The highest BCUT2D eigenvalue weighted by Gasteiger charge is 2.01. The summed E-state index contributed by atoms with van der Waals surface area (Å²) in [5.74, 6) is 2.45. The number of rotatable bonds is 10. The van der Waals surface area contributed by atoms with Crippen molar-refractivity contribution < 1.29 is 9.47 Å². The normalized spacial score (nSPS) is 10.7. The molecule has 3 nitrogen and oxygen atoms in total. The highest BCUT2D eigenvalue weighted by molar-refractivity contribution is 5.48. The maximum absolute atomic E-state index is 5.91. The fourth-order valence-corrected chi connectivity index (χ4v) is 2.80. The van der Waals surface area contributed by atoms with Crippen LogP contribution < -0.4 is 14.8 Å². The van der Waals surface area contributed by atoms with Crippen molar-refractivity contribution in [3.8, 4) is 11.5 Å². The summed E-state index contributed by atoms with van der Waals surface area (Å²) in [6.45, 7) is 6.49. The molecule has 0 aromatic heterocycles. The van der Waals surface area contributed by atoms with Crippen molar-refractivity contribution in [2.45, 2.75) is 33.4 Å². The lowest BCUT2D eigenvalue weighted by atomic mass is 10.1. The Morgan fingerprint density at radius 2 is 1.46 bits per heavy atom. The van der Waals surface area contributed by atoms with Gasteiger partial charge >= 0.3 is 0 Å². The summed E-state index contributed by atoms with van der Waals surface area (Å²) in [7, 11) is 0. The van der Waals surface area contributed by atoms with E-state index in [1.807, 2.05) is 48.5 Å². The first-order valence-corrected chi connectivity index (χ1v) is 9.91. The van der Waals surface area contributed by atoms with Gasteiger partial charge in [0, 0.05) is 18.3 Å². The van der Waals surface area contributed by atoms with E-state index in [1.165, 1.54) is 5.56 Å². The summed E-state index contributed by atoms with van der Waals surface area (Å²) in [6.07, 6.45) is 1.07. The molecule has 1 N–H and O–H groups in total. The van der Waals surface area contributed by atoms with E-state index in [0.717, 1.165) is 42.3 Å². The topological polar surface area (TPSA) is 30.5 Å². The predicted octanol–water partition coefficient (Wildman–Crippen LogP) is 6.30. The van der Waals surface area contributed by atoms with E-state index in [-0.39, 0.29) is 0 Å². The van der Waals surface area contributed by atoms with Crippen LogP contribution in [0.5, 0.6) is 11.5 Å². The molecule has 3 rings (SSSR count). The Hall–Kier alpha value is -2.94. The van der Waals surface area contributed by atoms with Gasteiger partial charge < -0.3 is 14.8 Å². The van der Waals surface area contributed by atoms with Crippen LogP contribution in [0.25, 0.3) is 0 Å². The monoisotopic (exact) mass is 375 g/mol. The summed E-state index contributed by atoms with van der Waals surface area (Å²) in [5.41, 5.74) is 3.39. The van der Waals surface area contributed by atoms with Crippen molar-refractivity contribution in [2.24, 2.45) is 5.92 Å². The van der Waals surface area contributed by atoms with Gasteiger partial charge in [-0.3, -0.25) is 0 Å². The molecule has 28 heavy (non-hydrogen) atoms. The van der Waals surface area contributed by atoms with Gasteiger partial charge in [0.25, 0.3) is 0 Å². The van der Waals surface area contributed by atoms with Crippen LogP contribution in [-0.2, 0) is 13.2 Å². The van der Waals surface area contributed by atoms with Crippen LogP contribution in [0.1, 0.15) is 31.4 Å². The zero-order chi connectivity index (χ0) is 19.6. The van der Waals surface area contributed by atoms with Crippen LogP contribution in [-0.4, -0.2) is 6.61 Å². The standard InChI is InChI=1S/C25H29NO2/c1-20(2)14-15-27-24-12-6-10-22(16-24)18-26-23-11-7-13-25(17-23)28-19-21-8-4-3-5-9-21/h3-13,16-17,20,26H,14-15,18-19H2,1-2H3. The van der Waals surface area contributed by atoms with Gasteiger partial charge in [0.15, 0.2) is 0 Å². The third-order valence-corrected chi connectivity index (χ3v) is 4.44. The summed E-state index contributed by atoms with van der Waals surface area (Å²) in [4.78, 5) is 0. The van der Waals surface area contributed by atoms with Gasteiger partial charge in [-0.1, -0.05) is 62.4 Å². The highest BCUT2D eigenvalue weighted by Crippen LogP contribution is 2.20. The molecule has 0 unspecified atom stereocenters. The largest absolute Gasteiger partial charge is 0.494 e. The Morgan fingerprint density at radius 1 is 0.750 bits per heavy atom. The van der Waals surface area contributed by atoms with Crippen molar-refractivity contribution in [2.75, 3.05) is 11.9 Å². The Morgan fingerprint density at radius 3 is 2.25 bits per heavy atom. The molecule has 0 saturated heterocycles. The third kappa shape index (κ3) is 6.66. The van der Waals surface area contributed by atoms with Gasteiger partial charge in [-0.2, -0.15) is 0 Å². The molecule has 0 radical (unpaired) electrons. The molecule has 0 spiro atoms. The second-order valence-electron chi connectivity index (χ2n) is 7.33. The summed E-state index contributed by atoms with van der Waals surface area (Å²) in [5, 5.41) is 3.47. The SMILES string of the molecule is CC(C)CCOc1cccc(CNc2cccc(OCc3ccccc3)c2)c1. The second kappa shape index (κ2) is 10.4. The van der Waals surface area contributed by atoms with E-state index in [2.05, 4.69) is 49.5 Å². The molecule has 146 valence electrons. The lowest BCUT2D eigenvalue weighted by molar-refractivity contribution is 0.289. The molecule has 0 aliphatic heterocycles. The van der Waals surface area contributed by atoms with E-state index >= 15 is 0 Å². The Kier molecular flexibility index (Phi) is 7.36. The lowest BCUT2D eigenvalue weighted by Gasteiger charge is -2.12. The van der Waals surface area contributed by atoms with Gasteiger partial charge in [-0.05, 0) is 47.7 Å². The zero-order valence-corrected chi connectivity index (χ0v) is 16.7. The van der Waals surface area contributed by atoms with Crippen molar-refractivity contribution in [3.63, 3.8) is 0 Å². The molecular weight excluding hydrogens is 346 g/mol. The first-order chi connectivity index (χ1) is 13.7. The Labute approximate surface area is 168 Å². The minimum Gasteiger partial charge on any atom is -0.494 e. The van der Waals surface area contributed by atoms with Crippen molar-refractivity contribution in [1.82, 2.24) is 0 Å². The Balaban J connectivity index is 1.51. The maximum Gasteiger partial charge on any atom is 0.121 e. The van der Waals surface area contributed by atoms with Gasteiger partial charge in [-0.25, -0.2) is 0 Å². The minimum atomic E-state index is 0.569. The van der Waals surface area contributed by atoms with Gasteiger partial charge in [0.1, 0.15) is 18.1 Å². The van der Waals surface area contributed by atoms with Crippen molar-refractivity contribution in [3.05, 3.63) is 90.0 Å². The number of anilines is 1. The molecule has 3 aromatic carbocycles. The molecule has 3 heteroatoms. The number of ether oxygens (including phenoxy) is 2. The number of hydrogen-bond donors (Lipinski definition) is 1. The van der Waals surface area contributed by atoms with Crippen LogP contribution in [0, 0.1) is 5.92 Å². The fraction of sp³-hybridized carbons (Fsp3) is 0.280. The van der Waals surface area contributed by atoms with E-state index in [9.17, 15) is 0 Å². The van der Waals surface area contributed by atoms with Crippen molar-refractivity contribution >= 4 is 5.69 Å². The molecule has 0 fully saturated rings. The molecule has 3 aromatic rings. The fourth-order valence-electron chi connectivity index (χ4n) is 2.80. The number of hydrogen-bond acceptors (Lipinski definition) is 3. The molecule has 0 saturated carbocycles. The average Bonchev–Trinajstić information content (AvgIpc) is 2.72. The van der Waals surface area contributed by atoms with Gasteiger partial charge in [-0.15, -0.1) is 0 Å². The van der Waals surface area contributed by atoms with Gasteiger partial charge in [0.05, 0.1) is 6.61 Å². The summed E-state index contributed by atoms with van der Waals surface area (Å²) in [6, 6.07) is 26.5. The van der Waals surface area contributed by atoms with Crippen LogP contribution in [0.4, 0.5) is 5.69 Å².